The van der Waals surface area contributed by atoms with E-state index in [1.54, 1.807) is 0 Å². The highest BCUT2D eigenvalue weighted by atomic mass is 79.9. The standard InChI is InChI=1S/C13H20BrClN2/c1-10(2)8-16-6-7-17-9-11-4-3-5-12(14)13(11)15/h3-5,10,16-17H,6-9H2,1-2H3. The number of halogens is 2. The Morgan fingerprint density at radius 1 is 1.24 bits per heavy atom. The predicted molar refractivity (Wildman–Crippen MR) is 78.6 cm³/mol. The molecule has 0 heterocycles. The molecule has 0 atom stereocenters. The van der Waals surface area contributed by atoms with Gasteiger partial charge in [-0.2, -0.15) is 0 Å². The molecule has 0 unspecified atom stereocenters. The van der Waals surface area contributed by atoms with Crippen molar-refractivity contribution >= 4 is 27.5 Å². The van der Waals surface area contributed by atoms with E-state index in [1.807, 2.05) is 18.2 Å². The van der Waals surface area contributed by atoms with Gasteiger partial charge in [0.05, 0.1) is 5.02 Å². The summed E-state index contributed by atoms with van der Waals surface area (Å²) < 4.78 is 0.955. The lowest BCUT2D eigenvalue weighted by atomic mass is 10.2. The van der Waals surface area contributed by atoms with Gasteiger partial charge in [-0.05, 0) is 40.0 Å². The molecule has 4 heteroatoms. The van der Waals surface area contributed by atoms with Gasteiger partial charge >= 0.3 is 0 Å². The van der Waals surface area contributed by atoms with Gasteiger partial charge in [0.1, 0.15) is 0 Å². The molecule has 0 bridgehead atoms. The second kappa shape index (κ2) is 8.09. The van der Waals surface area contributed by atoms with Crippen LogP contribution in [0.3, 0.4) is 0 Å². The molecule has 96 valence electrons. The van der Waals surface area contributed by atoms with E-state index in [0.29, 0.717) is 5.92 Å². The molecular weight excluding hydrogens is 300 g/mol. The minimum absolute atomic E-state index is 0.703. The Morgan fingerprint density at radius 2 is 1.94 bits per heavy atom. The molecule has 17 heavy (non-hydrogen) atoms. The zero-order valence-electron chi connectivity index (χ0n) is 10.4. The van der Waals surface area contributed by atoms with Crippen molar-refractivity contribution in [2.45, 2.75) is 20.4 Å². The third-order valence-electron chi connectivity index (χ3n) is 2.38. The predicted octanol–water partition coefficient (Wildman–Crippen LogP) is 3.44. The number of hydrogen-bond donors (Lipinski definition) is 2. The third-order valence-corrected chi connectivity index (χ3v) is 3.71. The van der Waals surface area contributed by atoms with Crippen LogP contribution in [0.4, 0.5) is 0 Å². The Kier molecular flexibility index (Phi) is 7.12. The van der Waals surface area contributed by atoms with Crippen LogP contribution in [0, 0.1) is 5.92 Å². The van der Waals surface area contributed by atoms with E-state index in [1.165, 1.54) is 0 Å². The average molecular weight is 320 g/mol. The molecule has 0 aromatic heterocycles. The molecule has 1 rings (SSSR count). The van der Waals surface area contributed by atoms with Crippen molar-refractivity contribution in [2.24, 2.45) is 5.92 Å². The van der Waals surface area contributed by atoms with Crippen LogP contribution in [-0.2, 0) is 6.54 Å². The summed E-state index contributed by atoms with van der Waals surface area (Å²) in [7, 11) is 0. The molecule has 0 fully saturated rings. The lowest BCUT2D eigenvalue weighted by Gasteiger charge is -2.09. The molecule has 0 amide bonds. The maximum atomic E-state index is 6.17. The molecule has 0 aliphatic carbocycles. The van der Waals surface area contributed by atoms with Gasteiger partial charge in [0.2, 0.25) is 0 Å². The fraction of sp³-hybridized carbons (Fsp3) is 0.538. The Balaban J connectivity index is 2.20. The van der Waals surface area contributed by atoms with Crippen LogP contribution < -0.4 is 10.6 Å². The SMILES string of the molecule is CC(C)CNCCNCc1cccc(Br)c1Cl. The molecule has 0 spiro atoms. The van der Waals surface area contributed by atoms with E-state index in [9.17, 15) is 0 Å². The minimum atomic E-state index is 0.703. The highest BCUT2D eigenvalue weighted by Crippen LogP contribution is 2.25. The minimum Gasteiger partial charge on any atom is -0.315 e. The number of nitrogens with one attached hydrogen (secondary N) is 2. The third kappa shape index (κ3) is 5.87. The fourth-order valence-electron chi connectivity index (χ4n) is 1.48. The Hall–Kier alpha value is -0.0900. The van der Waals surface area contributed by atoms with Gasteiger partial charge in [0, 0.05) is 24.1 Å². The maximum absolute atomic E-state index is 6.17. The molecule has 1 aromatic carbocycles. The van der Waals surface area contributed by atoms with Crippen molar-refractivity contribution in [1.29, 1.82) is 0 Å². The quantitative estimate of drug-likeness (QED) is 0.752. The summed E-state index contributed by atoms with van der Waals surface area (Å²) in [5, 5.41) is 7.57. The average Bonchev–Trinajstić information content (AvgIpc) is 2.28. The number of benzene rings is 1. The molecule has 0 radical (unpaired) electrons. The normalized spacial score (nSPS) is 11.1. The summed E-state index contributed by atoms with van der Waals surface area (Å²) >= 11 is 9.60. The van der Waals surface area contributed by atoms with Crippen molar-refractivity contribution < 1.29 is 0 Å². The number of rotatable bonds is 7. The first-order valence-electron chi connectivity index (χ1n) is 5.95. The molecular formula is C13H20BrClN2. The summed E-state index contributed by atoms with van der Waals surface area (Å²) in [6.45, 7) is 8.24. The van der Waals surface area contributed by atoms with Gasteiger partial charge in [0.15, 0.2) is 0 Å². The van der Waals surface area contributed by atoms with E-state index >= 15 is 0 Å². The fourth-order valence-corrected chi connectivity index (χ4v) is 2.08. The van der Waals surface area contributed by atoms with Gasteiger partial charge < -0.3 is 10.6 Å². The molecule has 1 aromatic rings. The summed E-state index contributed by atoms with van der Waals surface area (Å²) in [4.78, 5) is 0. The summed E-state index contributed by atoms with van der Waals surface area (Å²) in [5.74, 6) is 0.703. The molecule has 2 nitrogen and oxygen atoms in total. The zero-order valence-corrected chi connectivity index (χ0v) is 12.7. The molecule has 0 saturated heterocycles. The Bertz CT molecular complexity index is 342. The highest BCUT2D eigenvalue weighted by Gasteiger charge is 2.02. The first-order valence-corrected chi connectivity index (χ1v) is 7.12. The van der Waals surface area contributed by atoms with Crippen LogP contribution in [0.15, 0.2) is 22.7 Å². The lowest BCUT2D eigenvalue weighted by Crippen LogP contribution is -2.29. The second-order valence-corrected chi connectivity index (χ2v) is 5.72. The van der Waals surface area contributed by atoms with Crippen LogP contribution in [0.5, 0.6) is 0 Å². The monoisotopic (exact) mass is 318 g/mol. The van der Waals surface area contributed by atoms with E-state index in [-0.39, 0.29) is 0 Å². The van der Waals surface area contributed by atoms with E-state index in [0.717, 1.165) is 41.2 Å². The van der Waals surface area contributed by atoms with Gasteiger partial charge in [-0.3, -0.25) is 0 Å². The van der Waals surface area contributed by atoms with Crippen LogP contribution >= 0.6 is 27.5 Å². The molecule has 0 aliphatic rings. The van der Waals surface area contributed by atoms with Crippen molar-refractivity contribution in [1.82, 2.24) is 10.6 Å². The molecule has 0 aliphatic heterocycles. The molecule has 0 saturated carbocycles. The van der Waals surface area contributed by atoms with Crippen molar-refractivity contribution in [2.75, 3.05) is 19.6 Å². The highest BCUT2D eigenvalue weighted by molar-refractivity contribution is 9.10. The first-order chi connectivity index (χ1) is 8.11. The van der Waals surface area contributed by atoms with Gasteiger partial charge in [-0.1, -0.05) is 37.6 Å². The van der Waals surface area contributed by atoms with Gasteiger partial charge in [-0.25, -0.2) is 0 Å². The van der Waals surface area contributed by atoms with Crippen LogP contribution in [0.1, 0.15) is 19.4 Å². The van der Waals surface area contributed by atoms with Crippen molar-refractivity contribution in [3.05, 3.63) is 33.3 Å². The summed E-state index contributed by atoms with van der Waals surface area (Å²) in [5.41, 5.74) is 1.13. The smallest absolute Gasteiger partial charge is 0.0592 e. The number of hydrogen-bond acceptors (Lipinski definition) is 2. The van der Waals surface area contributed by atoms with Crippen molar-refractivity contribution in [3.63, 3.8) is 0 Å². The van der Waals surface area contributed by atoms with E-state index in [2.05, 4.69) is 40.4 Å². The Morgan fingerprint density at radius 3 is 2.65 bits per heavy atom. The Labute approximate surface area is 117 Å². The van der Waals surface area contributed by atoms with Crippen LogP contribution in [0.2, 0.25) is 5.02 Å². The summed E-state index contributed by atoms with van der Waals surface area (Å²) in [6, 6.07) is 6.00. The largest absolute Gasteiger partial charge is 0.315 e. The van der Waals surface area contributed by atoms with Gasteiger partial charge in [-0.15, -0.1) is 0 Å². The summed E-state index contributed by atoms with van der Waals surface area (Å²) in [6.07, 6.45) is 0. The van der Waals surface area contributed by atoms with Gasteiger partial charge in [0.25, 0.3) is 0 Å². The van der Waals surface area contributed by atoms with Crippen LogP contribution in [-0.4, -0.2) is 19.6 Å². The maximum Gasteiger partial charge on any atom is 0.0592 e. The van der Waals surface area contributed by atoms with E-state index in [4.69, 9.17) is 11.6 Å². The zero-order chi connectivity index (χ0) is 12.7. The van der Waals surface area contributed by atoms with Crippen LogP contribution in [0.25, 0.3) is 0 Å². The first kappa shape index (κ1) is 15.0. The van der Waals surface area contributed by atoms with E-state index < -0.39 is 0 Å². The topological polar surface area (TPSA) is 24.1 Å². The lowest BCUT2D eigenvalue weighted by molar-refractivity contribution is 0.535. The van der Waals surface area contributed by atoms with Crippen molar-refractivity contribution in [3.8, 4) is 0 Å². The second-order valence-electron chi connectivity index (χ2n) is 4.49. The molecule has 2 N–H and O–H groups in total.